The molecule has 29 heavy (non-hydrogen) atoms. The Labute approximate surface area is 179 Å². The third-order valence-electron chi connectivity index (χ3n) is 4.86. The van der Waals surface area contributed by atoms with E-state index in [1.54, 1.807) is 14.2 Å². The van der Waals surface area contributed by atoms with Crippen LogP contribution in [-0.2, 0) is 4.74 Å². The van der Waals surface area contributed by atoms with Crippen molar-refractivity contribution in [1.82, 2.24) is 15.5 Å². The molecule has 0 amide bonds. The van der Waals surface area contributed by atoms with Crippen LogP contribution < -0.4 is 20.1 Å². The lowest BCUT2D eigenvalue weighted by atomic mass is 10.0. The molecule has 164 valence electrons. The van der Waals surface area contributed by atoms with Crippen molar-refractivity contribution in [1.29, 1.82) is 0 Å². The van der Waals surface area contributed by atoms with Gasteiger partial charge in [0, 0.05) is 26.2 Å². The zero-order valence-corrected chi connectivity index (χ0v) is 19.0. The van der Waals surface area contributed by atoms with Gasteiger partial charge in [-0.2, -0.15) is 11.8 Å². The molecular weight excluding hydrogens is 388 g/mol. The summed E-state index contributed by atoms with van der Waals surface area (Å²) in [7, 11) is 3.33. The van der Waals surface area contributed by atoms with Gasteiger partial charge in [0.1, 0.15) is 0 Å². The van der Waals surface area contributed by atoms with Crippen molar-refractivity contribution in [2.75, 3.05) is 72.2 Å². The molecule has 1 atom stereocenters. The Balaban J connectivity index is 2.18. The molecule has 0 bridgehead atoms. The topological polar surface area (TPSA) is 67.4 Å². The minimum absolute atomic E-state index is 0.153. The average Bonchev–Trinajstić information content (AvgIpc) is 2.77. The number of aliphatic imine (C=N–C) groups is 1. The first-order valence-corrected chi connectivity index (χ1v) is 11.7. The average molecular weight is 425 g/mol. The van der Waals surface area contributed by atoms with E-state index in [9.17, 15) is 0 Å². The molecule has 0 saturated carbocycles. The molecule has 1 aliphatic rings. The van der Waals surface area contributed by atoms with Gasteiger partial charge in [0.25, 0.3) is 0 Å². The second kappa shape index (κ2) is 13.6. The van der Waals surface area contributed by atoms with Gasteiger partial charge < -0.3 is 24.8 Å². The van der Waals surface area contributed by atoms with Gasteiger partial charge in [-0.15, -0.1) is 0 Å². The van der Waals surface area contributed by atoms with Gasteiger partial charge in [0.15, 0.2) is 17.5 Å². The Morgan fingerprint density at radius 2 is 1.97 bits per heavy atom. The Morgan fingerprint density at radius 3 is 2.62 bits per heavy atom. The molecule has 1 aliphatic heterocycles. The summed E-state index contributed by atoms with van der Waals surface area (Å²) in [6, 6.07) is 6.29. The number of benzene rings is 1. The lowest BCUT2D eigenvalue weighted by Gasteiger charge is -2.34. The fraction of sp³-hybridized carbons (Fsp3) is 0.667. The normalized spacial score (nSPS) is 16.3. The van der Waals surface area contributed by atoms with Crippen LogP contribution in [0, 0.1) is 0 Å². The predicted molar refractivity (Wildman–Crippen MR) is 122 cm³/mol. The number of morpholine rings is 1. The van der Waals surface area contributed by atoms with Crippen LogP contribution in [0.3, 0.4) is 0 Å². The largest absolute Gasteiger partial charge is 0.493 e. The predicted octanol–water partition coefficient (Wildman–Crippen LogP) is 2.39. The molecular formula is C21H36N4O3S. The summed E-state index contributed by atoms with van der Waals surface area (Å²) in [6.07, 6.45) is 3.25. The molecule has 2 rings (SSSR count). The lowest BCUT2D eigenvalue weighted by molar-refractivity contribution is 0.0179. The highest BCUT2D eigenvalue weighted by atomic mass is 32.2. The summed E-state index contributed by atoms with van der Waals surface area (Å²) in [5.41, 5.74) is 1.17. The molecule has 7 nitrogen and oxygen atoms in total. The summed E-state index contributed by atoms with van der Waals surface area (Å²) >= 11 is 1.87. The monoisotopic (exact) mass is 424 g/mol. The molecule has 2 N–H and O–H groups in total. The summed E-state index contributed by atoms with van der Waals surface area (Å²) in [5, 5.41) is 6.80. The molecule has 1 fully saturated rings. The fourth-order valence-corrected chi connectivity index (χ4v) is 3.76. The van der Waals surface area contributed by atoms with E-state index in [0.29, 0.717) is 6.54 Å². The molecule has 1 saturated heterocycles. The Bertz CT molecular complexity index is 624. The van der Waals surface area contributed by atoms with Crippen LogP contribution in [0.2, 0.25) is 0 Å². The maximum absolute atomic E-state index is 5.56. The van der Waals surface area contributed by atoms with Gasteiger partial charge in [-0.1, -0.05) is 6.07 Å². The second-order valence-corrected chi connectivity index (χ2v) is 7.76. The summed E-state index contributed by atoms with van der Waals surface area (Å²) in [4.78, 5) is 7.33. The number of nitrogens with one attached hydrogen (secondary N) is 2. The molecule has 0 aromatic heterocycles. The van der Waals surface area contributed by atoms with Crippen LogP contribution in [0.1, 0.15) is 24.9 Å². The van der Waals surface area contributed by atoms with E-state index in [4.69, 9.17) is 19.2 Å². The number of thioether (sulfide) groups is 1. The number of hydrogen-bond donors (Lipinski definition) is 2. The number of nitrogens with zero attached hydrogens (tertiary/aromatic N) is 2. The van der Waals surface area contributed by atoms with E-state index in [-0.39, 0.29) is 6.04 Å². The Morgan fingerprint density at radius 1 is 1.21 bits per heavy atom. The van der Waals surface area contributed by atoms with E-state index < -0.39 is 0 Å². The van der Waals surface area contributed by atoms with Crippen molar-refractivity contribution < 1.29 is 14.2 Å². The molecule has 0 aliphatic carbocycles. The zero-order valence-electron chi connectivity index (χ0n) is 18.2. The lowest BCUT2D eigenvalue weighted by Crippen LogP contribution is -2.42. The Hall–Kier alpha value is -1.64. The highest BCUT2D eigenvalue weighted by molar-refractivity contribution is 7.98. The maximum Gasteiger partial charge on any atom is 0.191 e. The molecule has 1 aromatic rings. The molecule has 1 aromatic carbocycles. The number of hydrogen-bond acceptors (Lipinski definition) is 6. The van der Waals surface area contributed by atoms with Gasteiger partial charge in [0.2, 0.25) is 0 Å². The van der Waals surface area contributed by atoms with Crippen molar-refractivity contribution in [3.05, 3.63) is 23.8 Å². The van der Waals surface area contributed by atoms with E-state index in [2.05, 4.69) is 40.8 Å². The number of rotatable bonds is 11. The third-order valence-corrected chi connectivity index (χ3v) is 5.56. The van der Waals surface area contributed by atoms with Crippen LogP contribution >= 0.6 is 11.8 Å². The Kier molecular flexibility index (Phi) is 11.1. The van der Waals surface area contributed by atoms with E-state index in [1.807, 2.05) is 17.8 Å². The van der Waals surface area contributed by atoms with E-state index in [1.165, 1.54) is 5.56 Å². The van der Waals surface area contributed by atoms with Crippen molar-refractivity contribution in [2.24, 2.45) is 4.99 Å². The van der Waals surface area contributed by atoms with Gasteiger partial charge in [-0.25, -0.2) is 0 Å². The van der Waals surface area contributed by atoms with E-state index >= 15 is 0 Å². The van der Waals surface area contributed by atoms with Crippen molar-refractivity contribution in [3.8, 4) is 11.5 Å². The van der Waals surface area contributed by atoms with Crippen LogP contribution in [0.25, 0.3) is 0 Å². The second-order valence-electron chi connectivity index (χ2n) is 6.77. The summed E-state index contributed by atoms with van der Waals surface area (Å²) < 4.78 is 16.5. The zero-order chi connectivity index (χ0) is 20.9. The smallest absolute Gasteiger partial charge is 0.191 e. The van der Waals surface area contributed by atoms with Crippen molar-refractivity contribution in [2.45, 2.75) is 19.4 Å². The maximum atomic E-state index is 5.56. The molecule has 1 heterocycles. The SMILES string of the molecule is CCNC(=NCC(c1ccc(OC)c(OC)c1)N1CCOCC1)NCCCSC. The van der Waals surface area contributed by atoms with Crippen LogP contribution in [-0.4, -0.2) is 83.0 Å². The molecule has 0 spiro atoms. The van der Waals surface area contributed by atoms with Gasteiger partial charge >= 0.3 is 0 Å². The van der Waals surface area contributed by atoms with Gasteiger partial charge in [-0.05, 0) is 43.0 Å². The van der Waals surface area contributed by atoms with Crippen molar-refractivity contribution >= 4 is 17.7 Å². The molecule has 8 heteroatoms. The van der Waals surface area contributed by atoms with Gasteiger partial charge in [0.05, 0.1) is 40.0 Å². The number of ether oxygens (including phenoxy) is 3. The highest BCUT2D eigenvalue weighted by Crippen LogP contribution is 2.32. The number of guanidine groups is 1. The highest BCUT2D eigenvalue weighted by Gasteiger charge is 2.24. The van der Waals surface area contributed by atoms with Crippen molar-refractivity contribution in [3.63, 3.8) is 0 Å². The van der Waals surface area contributed by atoms with Crippen LogP contribution in [0.15, 0.2) is 23.2 Å². The summed E-state index contributed by atoms with van der Waals surface area (Å²) in [5.74, 6) is 3.50. The minimum Gasteiger partial charge on any atom is -0.493 e. The standard InChI is InChI=1S/C21H36N4O3S/c1-5-22-21(23-9-6-14-29-4)24-16-18(25-10-12-28-13-11-25)17-7-8-19(26-2)20(15-17)27-3/h7-8,15,18H,5-6,9-14,16H2,1-4H3,(H2,22,23,24). The van der Waals surface area contributed by atoms with Crippen LogP contribution in [0.5, 0.6) is 11.5 Å². The fourth-order valence-electron chi connectivity index (χ4n) is 3.32. The summed E-state index contributed by atoms with van der Waals surface area (Å²) in [6.45, 7) is 7.80. The minimum atomic E-state index is 0.153. The van der Waals surface area contributed by atoms with E-state index in [0.717, 1.165) is 69.0 Å². The quantitative estimate of drug-likeness (QED) is 0.321. The number of methoxy groups -OCH3 is 2. The van der Waals surface area contributed by atoms with Crippen LogP contribution in [0.4, 0.5) is 0 Å². The van der Waals surface area contributed by atoms with Gasteiger partial charge in [-0.3, -0.25) is 9.89 Å². The first kappa shape index (κ1) is 23.6. The molecule has 1 unspecified atom stereocenters. The first-order valence-electron chi connectivity index (χ1n) is 10.3. The third kappa shape index (κ3) is 7.60. The molecule has 0 radical (unpaired) electrons. The first-order chi connectivity index (χ1) is 14.2.